The summed E-state index contributed by atoms with van der Waals surface area (Å²) in [5, 5.41) is 12.5. The molecule has 0 aromatic rings. The third kappa shape index (κ3) is 2.27. The number of aliphatic carboxylic acids is 1. The van der Waals surface area contributed by atoms with Crippen LogP contribution in [-0.4, -0.2) is 22.7 Å². The summed E-state index contributed by atoms with van der Waals surface area (Å²) in [6, 6.07) is 0.268. The third-order valence-corrected chi connectivity index (χ3v) is 3.37. The molecule has 1 aliphatic rings. The minimum Gasteiger partial charge on any atom is -0.480 e. The van der Waals surface area contributed by atoms with Gasteiger partial charge in [-0.05, 0) is 25.7 Å². The second-order valence-electron chi connectivity index (χ2n) is 4.77. The minimum absolute atomic E-state index is 0.268. The average Bonchev–Trinajstić information content (AvgIpc) is 2.53. The molecule has 0 spiro atoms. The van der Waals surface area contributed by atoms with Crippen molar-refractivity contribution in [2.75, 3.05) is 0 Å². The highest BCUT2D eigenvalue weighted by molar-refractivity contribution is 5.79. The summed E-state index contributed by atoms with van der Waals surface area (Å²) >= 11 is 0. The van der Waals surface area contributed by atoms with Gasteiger partial charge in [0.15, 0.2) is 0 Å². The van der Waals surface area contributed by atoms with Gasteiger partial charge in [0.2, 0.25) is 0 Å². The third-order valence-electron chi connectivity index (χ3n) is 3.37. The van der Waals surface area contributed by atoms with Crippen molar-refractivity contribution in [1.82, 2.24) is 5.32 Å². The molecule has 82 valence electrons. The molecule has 0 saturated heterocycles. The van der Waals surface area contributed by atoms with E-state index in [9.17, 15) is 9.90 Å². The first-order chi connectivity index (χ1) is 6.48. The van der Waals surface area contributed by atoms with E-state index >= 15 is 0 Å². The highest BCUT2D eigenvalue weighted by atomic mass is 16.4. The molecule has 1 atom stereocenters. The van der Waals surface area contributed by atoms with Gasteiger partial charge in [0.25, 0.3) is 0 Å². The van der Waals surface area contributed by atoms with Crippen LogP contribution in [0.15, 0.2) is 0 Å². The van der Waals surface area contributed by atoms with Gasteiger partial charge in [-0.2, -0.15) is 0 Å². The van der Waals surface area contributed by atoms with E-state index in [1.165, 1.54) is 0 Å². The van der Waals surface area contributed by atoms with Gasteiger partial charge in [-0.15, -0.1) is 0 Å². The molecule has 0 aliphatic heterocycles. The Labute approximate surface area is 85.9 Å². The number of carboxylic acid groups (broad SMARTS) is 1. The molecule has 0 bridgehead atoms. The Morgan fingerprint density at radius 2 is 1.79 bits per heavy atom. The van der Waals surface area contributed by atoms with Crippen LogP contribution in [0.4, 0.5) is 0 Å². The van der Waals surface area contributed by atoms with Crippen molar-refractivity contribution in [3.63, 3.8) is 0 Å². The van der Waals surface area contributed by atoms with Crippen LogP contribution in [-0.2, 0) is 4.79 Å². The fraction of sp³-hybridized carbons (Fsp3) is 0.909. The zero-order valence-corrected chi connectivity index (χ0v) is 9.34. The van der Waals surface area contributed by atoms with Crippen molar-refractivity contribution >= 4 is 5.97 Å². The largest absolute Gasteiger partial charge is 0.480 e. The van der Waals surface area contributed by atoms with Gasteiger partial charge in [-0.1, -0.05) is 26.7 Å². The van der Waals surface area contributed by atoms with E-state index in [0.717, 1.165) is 25.7 Å². The maximum atomic E-state index is 11.2. The first kappa shape index (κ1) is 11.5. The molecular weight excluding hydrogens is 178 g/mol. The molecule has 0 amide bonds. The number of carbonyl (C=O) groups is 1. The molecule has 14 heavy (non-hydrogen) atoms. The lowest BCUT2D eigenvalue weighted by atomic mass is 9.94. The standard InChI is InChI=1S/C11H21NO2/c1-8(2)9(3)12-11(10(13)14)6-4-5-7-11/h8-9,12H,4-7H2,1-3H3,(H,13,14). The summed E-state index contributed by atoms with van der Waals surface area (Å²) in [7, 11) is 0. The molecule has 0 aromatic heterocycles. The molecule has 3 nitrogen and oxygen atoms in total. The minimum atomic E-state index is -0.678. The van der Waals surface area contributed by atoms with E-state index in [0.29, 0.717) is 5.92 Å². The summed E-state index contributed by atoms with van der Waals surface area (Å²) in [6.45, 7) is 6.29. The monoisotopic (exact) mass is 199 g/mol. The molecule has 1 aliphatic carbocycles. The van der Waals surface area contributed by atoms with Gasteiger partial charge in [0, 0.05) is 6.04 Å². The first-order valence-corrected chi connectivity index (χ1v) is 5.49. The Bertz CT molecular complexity index is 207. The fourth-order valence-corrected chi connectivity index (χ4v) is 2.00. The zero-order valence-electron chi connectivity index (χ0n) is 9.34. The van der Waals surface area contributed by atoms with Crippen molar-refractivity contribution in [2.45, 2.75) is 58.0 Å². The maximum absolute atomic E-state index is 11.2. The van der Waals surface area contributed by atoms with E-state index < -0.39 is 11.5 Å². The quantitative estimate of drug-likeness (QED) is 0.728. The fourth-order valence-electron chi connectivity index (χ4n) is 2.00. The summed E-state index contributed by atoms with van der Waals surface area (Å²) < 4.78 is 0. The van der Waals surface area contributed by atoms with Crippen LogP contribution in [0.5, 0.6) is 0 Å². The molecule has 0 radical (unpaired) electrons. The lowest BCUT2D eigenvalue weighted by molar-refractivity contribution is -0.145. The van der Waals surface area contributed by atoms with Crippen LogP contribution in [0.3, 0.4) is 0 Å². The van der Waals surface area contributed by atoms with Gasteiger partial charge in [0.1, 0.15) is 5.54 Å². The smallest absolute Gasteiger partial charge is 0.323 e. The summed E-state index contributed by atoms with van der Waals surface area (Å²) in [4.78, 5) is 11.2. The number of rotatable bonds is 4. The van der Waals surface area contributed by atoms with Gasteiger partial charge >= 0.3 is 5.97 Å². The van der Waals surface area contributed by atoms with E-state index in [1.807, 2.05) is 0 Å². The lowest BCUT2D eigenvalue weighted by Gasteiger charge is -2.31. The SMILES string of the molecule is CC(C)C(C)NC1(C(=O)O)CCCC1. The van der Waals surface area contributed by atoms with E-state index in [1.54, 1.807) is 0 Å². The molecule has 2 N–H and O–H groups in total. The number of hydrogen-bond donors (Lipinski definition) is 2. The molecule has 0 aromatic carbocycles. The average molecular weight is 199 g/mol. The second kappa shape index (κ2) is 4.30. The Morgan fingerprint density at radius 3 is 2.14 bits per heavy atom. The van der Waals surface area contributed by atoms with Crippen molar-refractivity contribution in [1.29, 1.82) is 0 Å². The maximum Gasteiger partial charge on any atom is 0.323 e. The normalized spacial score (nSPS) is 22.6. The predicted octanol–water partition coefficient (Wildman–Crippen LogP) is 2.02. The van der Waals surface area contributed by atoms with Crippen LogP contribution in [0.2, 0.25) is 0 Å². The van der Waals surface area contributed by atoms with Crippen molar-refractivity contribution in [3.8, 4) is 0 Å². The highest BCUT2D eigenvalue weighted by Crippen LogP contribution is 2.30. The predicted molar refractivity (Wildman–Crippen MR) is 56.3 cm³/mol. The molecule has 1 rings (SSSR count). The summed E-state index contributed by atoms with van der Waals surface area (Å²) in [5.41, 5.74) is -0.635. The Kier molecular flexibility index (Phi) is 3.53. The van der Waals surface area contributed by atoms with Crippen LogP contribution in [0, 0.1) is 5.92 Å². The van der Waals surface area contributed by atoms with E-state index in [-0.39, 0.29) is 6.04 Å². The molecule has 1 saturated carbocycles. The Morgan fingerprint density at radius 1 is 1.29 bits per heavy atom. The van der Waals surface area contributed by atoms with Crippen molar-refractivity contribution < 1.29 is 9.90 Å². The molecular formula is C11H21NO2. The number of hydrogen-bond acceptors (Lipinski definition) is 2. The number of carboxylic acids is 1. The van der Waals surface area contributed by atoms with Crippen LogP contribution < -0.4 is 5.32 Å². The van der Waals surface area contributed by atoms with Crippen molar-refractivity contribution in [2.24, 2.45) is 5.92 Å². The van der Waals surface area contributed by atoms with Gasteiger partial charge in [-0.25, -0.2) is 0 Å². The number of nitrogens with one attached hydrogen (secondary N) is 1. The second-order valence-corrected chi connectivity index (χ2v) is 4.77. The van der Waals surface area contributed by atoms with E-state index in [2.05, 4.69) is 26.1 Å². The van der Waals surface area contributed by atoms with Crippen molar-refractivity contribution in [3.05, 3.63) is 0 Å². The molecule has 0 heterocycles. The lowest BCUT2D eigenvalue weighted by Crippen LogP contribution is -2.54. The molecule has 1 unspecified atom stereocenters. The van der Waals surface area contributed by atoms with Crippen LogP contribution in [0.1, 0.15) is 46.5 Å². The molecule has 1 fully saturated rings. The van der Waals surface area contributed by atoms with Gasteiger partial charge in [-0.3, -0.25) is 10.1 Å². The van der Waals surface area contributed by atoms with Crippen LogP contribution >= 0.6 is 0 Å². The van der Waals surface area contributed by atoms with Gasteiger partial charge in [0.05, 0.1) is 0 Å². The van der Waals surface area contributed by atoms with Crippen LogP contribution in [0.25, 0.3) is 0 Å². The zero-order chi connectivity index (χ0) is 10.8. The highest BCUT2D eigenvalue weighted by Gasteiger charge is 2.42. The first-order valence-electron chi connectivity index (χ1n) is 5.49. The summed E-state index contributed by atoms with van der Waals surface area (Å²) in [6.07, 6.45) is 3.62. The van der Waals surface area contributed by atoms with Gasteiger partial charge < -0.3 is 5.11 Å². The molecule has 3 heteroatoms. The topological polar surface area (TPSA) is 49.3 Å². The van der Waals surface area contributed by atoms with E-state index in [4.69, 9.17) is 0 Å². The Hall–Kier alpha value is -0.570. The summed E-state index contributed by atoms with van der Waals surface area (Å²) in [5.74, 6) is -0.200. The Balaban J connectivity index is 2.65.